The molecule has 10 heteroatoms. The van der Waals surface area contributed by atoms with Gasteiger partial charge in [0.2, 0.25) is 0 Å². The van der Waals surface area contributed by atoms with Crippen LogP contribution in [0, 0.1) is 0 Å². The van der Waals surface area contributed by atoms with Gasteiger partial charge in [0, 0.05) is 24.8 Å². The lowest BCUT2D eigenvalue weighted by Crippen LogP contribution is -2.26. The summed E-state index contributed by atoms with van der Waals surface area (Å²) in [5.41, 5.74) is -4.02. The zero-order valence-electron chi connectivity index (χ0n) is 19.2. The molecule has 35 heavy (non-hydrogen) atoms. The van der Waals surface area contributed by atoms with Gasteiger partial charge in [-0.05, 0) is 24.1 Å². The average molecular weight is 513 g/mol. The summed E-state index contributed by atoms with van der Waals surface area (Å²) in [5, 5.41) is 0. The van der Waals surface area contributed by atoms with E-state index in [9.17, 15) is 26.4 Å². The minimum absolute atomic E-state index is 0.00627. The first-order valence-corrected chi connectivity index (χ1v) is 12.7. The Bertz CT molecular complexity index is 1110. The maximum atomic E-state index is 13.1. The summed E-state index contributed by atoms with van der Waals surface area (Å²) in [6.07, 6.45) is 0.0306. The topological polar surface area (TPSA) is 78.9 Å². The number of esters is 1. The van der Waals surface area contributed by atoms with Crippen molar-refractivity contribution in [3.8, 4) is 0 Å². The van der Waals surface area contributed by atoms with E-state index < -0.39 is 33.8 Å². The highest BCUT2D eigenvalue weighted by Gasteiger charge is 2.49. The van der Waals surface area contributed by atoms with Gasteiger partial charge >= 0.3 is 21.6 Å². The van der Waals surface area contributed by atoms with Gasteiger partial charge in [0.15, 0.2) is 0 Å². The number of allylic oxidation sites excluding steroid dienone is 1. The largest absolute Gasteiger partial charge is 0.534 e. The van der Waals surface area contributed by atoms with Crippen LogP contribution in [0.2, 0.25) is 0 Å². The maximum Gasteiger partial charge on any atom is 0.534 e. The van der Waals surface area contributed by atoms with E-state index in [0.717, 1.165) is 5.56 Å². The molecule has 2 aromatic rings. The van der Waals surface area contributed by atoms with Gasteiger partial charge in [-0.1, -0.05) is 61.9 Å². The third-order valence-corrected chi connectivity index (χ3v) is 6.46. The Morgan fingerprint density at radius 2 is 1.69 bits per heavy atom. The number of hydrogen-bond acceptors (Lipinski definition) is 6. The maximum absolute atomic E-state index is 13.1. The van der Waals surface area contributed by atoms with Crippen LogP contribution in [0.1, 0.15) is 48.5 Å². The van der Waals surface area contributed by atoms with Crippen molar-refractivity contribution in [2.24, 2.45) is 0 Å². The monoisotopic (exact) mass is 512 g/mol. The lowest BCUT2D eigenvalue weighted by molar-refractivity contribution is -0.0525. The number of unbranched alkanes of at least 4 members (excludes halogenated alkanes) is 1. The van der Waals surface area contributed by atoms with Crippen molar-refractivity contribution in [1.29, 1.82) is 0 Å². The molecule has 0 spiro atoms. The van der Waals surface area contributed by atoms with Crippen LogP contribution in [0.4, 0.5) is 13.2 Å². The molecule has 0 amide bonds. The summed E-state index contributed by atoms with van der Waals surface area (Å²) in [6.45, 7) is 1.69. The molecule has 0 bridgehead atoms. The molecule has 1 aliphatic rings. The zero-order valence-corrected chi connectivity index (χ0v) is 20.0. The average Bonchev–Trinajstić information content (AvgIpc) is 3.23. The predicted octanol–water partition coefficient (Wildman–Crippen LogP) is 5.55. The first-order chi connectivity index (χ1) is 16.6. The molecule has 0 aliphatic carbocycles. The summed E-state index contributed by atoms with van der Waals surface area (Å²) in [7, 11) is -5.84. The SMILES string of the molecule is CCCCC(OS(=O)(=O)C(F)(F)F)=C1C[C@H](COC(=O)c2ccccc2)O[C@@H]1Cc1ccccc1. The second-order valence-electron chi connectivity index (χ2n) is 8.14. The fourth-order valence-corrected chi connectivity index (χ4v) is 4.28. The van der Waals surface area contributed by atoms with E-state index in [2.05, 4.69) is 4.18 Å². The van der Waals surface area contributed by atoms with Crippen molar-refractivity contribution in [1.82, 2.24) is 0 Å². The number of rotatable bonds is 10. The lowest BCUT2D eigenvalue weighted by atomic mass is 9.97. The summed E-state index contributed by atoms with van der Waals surface area (Å²) >= 11 is 0. The fourth-order valence-electron chi connectivity index (χ4n) is 3.73. The van der Waals surface area contributed by atoms with E-state index in [1.165, 1.54) is 0 Å². The number of benzene rings is 2. The number of halogens is 3. The van der Waals surface area contributed by atoms with Crippen molar-refractivity contribution in [2.45, 2.75) is 56.7 Å². The van der Waals surface area contributed by atoms with Crippen LogP contribution < -0.4 is 0 Å². The van der Waals surface area contributed by atoms with E-state index in [1.54, 1.807) is 30.3 Å². The van der Waals surface area contributed by atoms with Crippen LogP contribution in [0.5, 0.6) is 0 Å². The molecule has 1 aliphatic heterocycles. The Labute approximate surface area is 202 Å². The number of carbonyl (C=O) groups excluding carboxylic acids is 1. The molecule has 190 valence electrons. The first kappa shape index (κ1) is 26.7. The fraction of sp³-hybridized carbons (Fsp3) is 0.400. The Kier molecular flexibility index (Phi) is 8.96. The van der Waals surface area contributed by atoms with Crippen molar-refractivity contribution < 1.29 is 40.0 Å². The summed E-state index contributed by atoms with van der Waals surface area (Å²) in [5.74, 6) is -0.824. The summed E-state index contributed by atoms with van der Waals surface area (Å²) < 4.78 is 78.9. The minimum atomic E-state index is -5.84. The Morgan fingerprint density at radius 3 is 2.29 bits per heavy atom. The second-order valence-corrected chi connectivity index (χ2v) is 9.68. The van der Waals surface area contributed by atoms with Crippen molar-refractivity contribution in [3.63, 3.8) is 0 Å². The highest BCUT2D eigenvalue weighted by Crippen LogP contribution is 2.36. The van der Waals surface area contributed by atoms with Crippen molar-refractivity contribution in [3.05, 3.63) is 83.1 Å². The molecule has 1 heterocycles. The zero-order chi connectivity index (χ0) is 25.5. The Morgan fingerprint density at radius 1 is 1.06 bits per heavy atom. The van der Waals surface area contributed by atoms with Gasteiger partial charge in [-0.25, -0.2) is 4.79 Å². The van der Waals surface area contributed by atoms with Crippen LogP contribution in [-0.4, -0.2) is 38.7 Å². The highest BCUT2D eigenvalue weighted by molar-refractivity contribution is 7.87. The van der Waals surface area contributed by atoms with Gasteiger partial charge in [-0.3, -0.25) is 0 Å². The van der Waals surface area contributed by atoms with Gasteiger partial charge < -0.3 is 13.7 Å². The Hall–Kier alpha value is -2.85. The van der Waals surface area contributed by atoms with E-state index in [1.807, 2.05) is 37.3 Å². The molecule has 1 fully saturated rings. The van der Waals surface area contributed by atoms with Crippen LogP contribution >= 0.6 is 0 Å². The third-order valence-electron chi connectivity index (χ3n) is 5.48. The van der Waals surface area contributed by atoms with Crippen LogP contribution in [0.3, 0.4) is 0 Å². The van der Waals surface area contributed by atoms with Gasteiger partial charge in [0.1, 0.15) is 12.4 Å². The number of carbonyl (C=O) groups is 1. The number of alkyl halides is 3. The quantitative estimate of drug-likeness (QED) is 0.180. The molecule has 0 aromatic heterocycles. The molecule has 6 nitrogen and oxygen atoms in total. The van der Waals surface area contributed by atoms with Gasteiger partial charge in [0.25, 0.3) is 0 Å². The van der Waals surface area contributed by atoms with Gasteiger partial charge in [-0.2, -0.15) is 21.6 Å². The summed E-state index contributed by atoms with van der Waals surface area (Å²) in [6, 6.07) is 17.5. The normalized spacial score (nSPS) is 19.9. The lowest BCUT2D eigenvalue weighted by Gasteiger charge is -2.18. The molecule has 0 saturated carbocycles. The number of hydrogen-bond donors (Lipinski definition) is 0. The first-order valence-electron chi connectivity index (χ1n) is 11.2. The molecule has 1 saturated heterocycles. The Balaban J connectivity index is 1.86. The van der Waals surface area contributed by atoms with Gasteiger partial charge in [0.05, 0.1) is 17.8 Å². The van der Waals surface area contributed by atoms with E-state index >= 15 is 0 Å². The molecular formula is C25H27F3O6S. The molecular weight excluding hydrogens is 485 g/mol. The highest BCUT2D eigenvalue weighted by atomic mass is 32.2. The van der Waals surface area contributed by atoms with Crippen molar-refractivity contribution >= 4 is 16.1 Å². The van der Waals surface area contributed by atoms with E-state index in [0.29, 0.717) is 30.4 Å². The molecule has 3 rings (SSSR count). The third kappa shape index (κ3) is 7.32. The molecule has 0 unspecified atom stereocenters. The van der Waals surface area contributed by atoms with E-state index in [-0.39, 0.29) is 25.2 Å². The molecule has 2 atom stereocenters. The molecule has 0 N–H and O–H groups in total. The van der Waals surface area contributed by atoms with Gasteiger partial charge in [-0.15, -0.1) is 0 Å². The standard InChI is InChI=1S/C25H27F3O6S/c1-2-3-14-22(34-35(30,31)25(26,27)28)21-16-20(17-32-24(29)19-12-8-5-9-13-19)33-23(21)15-18-10-6-4-7-11-18/h4-13,20,23H,2-3,14-17H2,1H3/t20-,23-/m1/s1. The van der Waals surface area contributed by atoms with E-state index in [4.69, 9.17) is 9.47 Å². The number of ether oxygens (including phenoxy) is 2. The van der Waals surface area contributed by atoms with Crippen molar-refractivity contribution in [2.75, 3.05) is 6.61 Å². The minimum Gasteiger partial charge on any atom is -0.459 e. The second kappa shape index (κ2) is 11.7. The smallest absolute Gasteiger partial charge is 0.459 e. The summed E-state index contributed by atoms with van der Waals surface area (Å²) in [4.78, 5) is 12.3. The van der Waals surface area contributed by atoms with Crippen LogP contribution in [0.15, 0.2) is 72.0 Å². The molecule has 2 aromatic carbocycles. The van der Waals surface area contributed by atoms with Crippen LogP contribution in [0.25, 0.3) is 0 Å². The predicted molar refractivity (Wildman–Crippen MR) is 123 cm³/mol. The van der Waals surface area contributed by atoms with Crippen LogP contribution in [-0.2, 0) is 30.2 Å². The molecule has 0 radical (unpaired) electrons.